The average molecular weight is 636 g/mol. The molecule has 1 aliphatic rings. The highest BCUT2D eigenvalue weighted by Gasteiger charge is 2.36. The maximum Gasteiger partial charge on any atom is 0.416 e. The fourth-order valence-electron chi connectivity index (χ4n) is 3.00. The molecule has 2 aromatic carbocycles. The molecule has 0 atom stereocenters. The number of carbonyl (C=O) groups excluding carboxylic acids is 3. The second kappa shape index (κ2) is 11.2. The molecule has 0 saturated carbocycles. The van der Waals surface area contributed by atoms with E-state index in [4.69, 9.17) is 14.6 Å². The van der Waals surface area contributed by atoms with E-state index in [9.17, 15) is 32.3 Å². The normalized spacial score (nSPS) is 14.8. The molecule has 1 fully saturated rings. The van der Waals surface area contributed by atoms with Gasteiger partial charge in [-0.05, 0) is 76.3 Å². The summed E-state index contributed by atoms with van der Waals surface area (Å²) in [6.07, 6.45) is -3.21. The average Bonchev–Trinajstić information content (AvgIpc) is 3.04. The number of methoxy groups -OCH3 is 1. The van der Waals surface area contributed by atoms with E-state index in [1.165, 1.54) is 25.3 Å². The number of benzene rings is 2. The first-order chi connectivity index (χ1) is 16.9. The van der Waals surface area contributed by atoms with Crippen LogP contribution in [0.4, 0.5) is 23.7 Å². The Labute approximate surface area is 219 Å². The molecule has 14 heteroatoms. The van der Waals surface area contributed by atoms with E-state index in [1.807, 2.05) is 22.6 Å². The van der Waals surface area contributed by atoms with Crippen LogP contribution in [-0.4, -0.2) is 53.3 Å². The number of hydrogen-bond acceptors (Lipinski definition) is 7. The lowest BCUT2D eigenvalue weighted by Gasteiger charge is -2.14. The zero-order valence-corrected chi connectivity index (χ0v) is 21.2. The van der Waals surface area contributed by atoms with Gasteiger partial charge in [0.25, 0.3) is 11.1 Å². The van der Waals surface area contributed by atoms with Gasteiger partial charge in [-0.3, -0.25) is 19.3 Å². The van der Waals surface area contributed by atoms with Crippen molar-refractivity contribution in [1.82, 2.24) is 4.90 Å². The minimum Gasteiger partial charge on any atom is -0.493 e. The van der Waals surface area contributed by atoms with Gasteiger partial charge in [-0.2, -0.15) is 13.2 Å². The van der Waals surface area contributed by atoms with Gasteiger partial charge in [0, 0.05) is 5.69 Å². The number of imide groups is 1. The Kier molecular flexibility index (Phi) is 8.50. The van der Waals surface area contributed by atoms with Crippen molar-refractivity contribution >= 4 is 69.1 Å². The molecule has 3 amide bonds. The summed E-state index contributed by atoms with van der Waals surface area (Å²) in [5, 5.41) is 10.3. The third-order valence-corrected chi connectivity index (χ3v) is 6.25. The number of carbonyl (C=O) groups is 4. The van der Waals surface area contributed by atoms with E-state index in [-0.39, 0.29) is 22.1 Å². The van der Waals surface area contributed by atoms with Crippen LogP contribution in [0.3, 0.4) is 0 Å². The lowest BCUT2D eigenvalue weighted by Crippen LogP contribution is -2.36. The molecule has 0 aromatic heterocycles. The number of aliphatic carboxylic acids is 1. The van der Waals surface area contributed by atoms with Gasteiger partial charge in [-0.1, -0.05) is 6.07 Å². The molecule has 0 spiro atoms. The van der Waals surface area contributed by atoms with E-state index in [1.54, 1.807) is 6.07 Å². The highest BCUT2D eigenvalue weighted by Crippen LogP contribution is 2.37. The highest BCUT2D eigenvalue weighted by molar-refractivity contribution is 14.1. The molecule has 0 aliphatic carbocycles. The van der Waals surface area contributed by atoms with Crippen molar-refractivity contribution in [2.75, 3.05) is 25.6 Å². The quantitative estimate of drug-likeness (QED) is 0.322. The number of halogens is 4. The monoisotopic (exact) mass is 636 g/mol. The molecular weight excluding hydrogens is 620 g/mol. The number of amides is 3. The number of rotatable bonds is 8. The standard InChI is InChI=1S/C22H16F3IN2O7S/c1-34-15-6-11(5-14(26)19(15)35-10-18(30)31)7-16-20(32)28(21(33)36-16)9-17(29)27-13-4-2-3-12(8-13)22(23,24)25/h2-8H,9-10H2,1H3,(H,27,29)(H,30,31)/b16-7-. The first-order valence-electron chi connectivity index (χ1n) is 9.83. The molecule has 36 heavy (non-hydrogen) atoms. The van der Waals surface area contributed by atoms with Crippen LogP contribution in [0, 0.1) is 3.57 Å². The van der Waals surface area contributed by atoms with Crippen LogP contribution < -0.4 is 14.8 Å². The first kappa shape index (κ1) is 27.3. The number of anilines is 1. The summed E-state index contributed by atoms with van der Waals surface area (Å²) in [6.45, 7) is -1.28. The summed E-state index contributed by atoms with van der Waals surface area (Å²) in [5.41, 5.74) is -0.652. The van der Waals surface area contributed by atoms with Gasteiger partial charge < -0.3 is 19.9 Å². The number of ether oxygens (including phenoxy) is 2. The van der Waals surface area contributed by atoms with E-state index in [0.29, 0.717) is 25.8 Å². The zero-order valence-electron chi connectivity index (χ0n) is 18.2. The zero-order chi connectivity index (χ0) is 26.6. The topological polar surface area (TPSA) is 122 Å². The van der Waals surface area contributed by atoms with Crippen LogP contribution >= 0.6 is 34.4 Å². The Balaban J connectivity index is 1.74. The molecule has 1 saturated heterocycles. The van der Waals surface area contributed by atoms with Crippen LogP contribution in [-0.2, 0) is 20.6 Å². The number of hydrogen-bond donors (Lipinski definition) is 2. The lowest BCUT2D eigenvalue weighted by molar-refractivity contribution is -0.139. The SMILES string of the molecule is COc1cc(/C=C2\SC(=O)N(CC(=O)Nc3cccc(C(F)(F)F)c3)C2=O)cc(I)c1OCC(=O)O. The molecule has 1 heterocycles. The molecule has 9 nitrogen and oxygen atoms in total. The van der Waals surface area contributed by atoms with Gasteiger partial charge in [0.15, 0.2) is 18.1 Å². The number of thioether (sulfide) groups is 1. The van der Waals surface area contributed by atoms with Gasteiger partial charge in [0.1, 0.15) is 6.54 Å². The molecule has 0 unspecified atom stereocenters. The second-order valence-corrected chi connectivity index (χ2v) is 9.27. The Bertz CT molecular complexity index is 1270. The van der Waals surface area contributed by atoms with Gasteiger partial charge in [-0.15, -0.1) is 0 Å². The Morgan fingerprint density at radius 2 is 1.94 bits per heavy atom. The van der Waals surface area contributed by atoms with Crippen molar-refractivity contribution in [1.29, 1.82) is 0 Å². The predicted molar refractivity (Wildman–Crippen MR) is 132 cm³/mol. The first-order valence-corrected chi connectivity index (χ1v) is 11.7. The van der Waals surface area contributed by atoms with Crippen molar-refractivity contribution < 1.29 is 46.9 Å². The van der Waals surface area contributed by atoms with Crippen LogP contribution in [0.5, 0.6) is 11.5 Å². The lowest BCUT2D eigenvalue weighted by atomic mass is 10.2. The summed E-state index contributed by atoms with van der Waals surface area (Å²) in [7, 11) is 1.35. The largest absolute Gasteiger partial charge is 0.493 e. The van der Waals surface area contributed by atoms with Gasteiger partial charge >= 0.3 is 12.1 Å². The van der Waals surface area contributed by atoms with E-state index in [2.05, 4.69) is 5.32 Å². The molecule has 190 valence electrons. The van der Waals surface area contributed by atoms with Crippen LogP contribution in [0.1, 0.15) is 11.1 Å². The van der Waals surface area contributed by atoms with E-state index >= 15 is 0 Å². The Morgan fingerprint density at radius 3 is 2.58 bits per heavy atom. The van der Waals surface area contributed by atoms with Gasteiger partial charge in [-0.25, -0.2) is 4.79 Å². The highest BCUT2D eigenvalue weighted by atomic mass is 127. The minimum atomic E-state index is -4.60. The number of alkyl halides is 3. The number of nitrogens with one attached hydrogen (secondary N) is 1. The second-order valence-electron chi connectivity index (χ2n) is 7.11. The molecule has 0 bridgehead atoms. The van der Waals surface area contributed by atoms with Crippen molar-refractivity contribution in [2.45, 2.75) is 6.18 Å². The predicted octanol–water partition coefficient (Wildman–Crippen LogP) is 4.46. The van der Waals surface area contributed by atoms with Crippen molar-refractivity contribution in [3.8, 4) is 11.5 Å². The van der Waals surface area contributed by atoms with Gasteiger partial charge in [0.05, 0.1) is 21.1 Å². The summed E-state index contributed by atoms with van der Waals surface area (Å²) in [4.78, 5) is 48.9. The summed E-state index contributed by atoms with van der Waals surface area (Å²) < 4.78 is 49.5. The fraction of sp³-hybridized carbons (Fsp3) is 0.182. The third kappa shape index (κ3) is 6.69. The van der Waals surface area contributed by atoms with Crippen LogP contribution in [0.15, 0.2) is 41.3 Å². The maximum atomic E-state index is 12.9. The molecule has 2 N–H and O–H groups in total. The van der Waals surface area contributed by atoms with Crippen molar-refractivity contribution in [3.63, 3.8) is 0 Å². The molecule has 1 aliphatic heterocycles. The molecular formula is C22H16F3IN2O7S. The smallest absolute Gasteiger partial charge is 0.416 e. The summed E-state index contributed by atoms with van der Waals surface area (Å²) in [5.74, 6) is -2.40. The third-order valence-electron chi connectivity index (χ3n) is 4.54. The van der Waals surface area contributed by atoms with Crippen LogP contribution in [0.25, 0.3) is 6.08 Å². The summed E-state index contributed by atoms with van der Waals surface area (Å²) in [6, 6.07) is 7.01. The van der Waals surface area contributed by atoms with Gasteiger partial charge in [0.2, 0.25) is 5.91 Å². The number of nitrogens with zero attached hydrogens (tertiary/aromatic N) is 1. The van der Waals surface area contributed by atoms with E-state index in [0.717, 1.165) is 18.2 Å². The van der Waals surface area contributed by atoms with E-state index < -0.39 is 47.9 Å². The summed E-state index contributed by atoms with van der Waals surface area (Å²) >= 11 is 2.48. The molecule has 0 radical (unpaired) electrons. The van der Waals surface area contributed by atoms with Crippen molar-refractivity contribution in [2.24, 2.45) is 0 Å². The van der Waals surface area contributed by atoms with Crippen molar-refractivity contribution in [3.05, 3.63) is 56.0 Å². The number of carboxylic acid groups (broad SMARTS) is 1. The Morgan fingerprint density at radius 1 is 1.22 bits per heavy atom. The Hall–Kier alpha value is -3.27. The fourth-order valence-corrected chi connectivity index (χ4v) is 4.62. The maximum absolute atomic E-state index is 12.9. The molecule has 3 rings (SSSR count). The van der Waals surface area contributed by atoms with Crippen LogP contribution in [0.2, 0.25) is 0 Å². The number of carboxylic acids is 1. The molecule has 2 aromatic rings. The minimum absolute atomic E-state index is 0.00364.